The van der Waals surface area contributed by atoms with Crippen LogP contribution in [0.15, 0.2) is 18.2 Å². The summed E-state index contributed by atoms with van der Waals surface area (Å²) in [5, 5.41) is 0. The summed E-state index contributed by atoms with van der Waals surface area (Å²) in [6, 6.07) is 4.65. The molecule has 0 bridgehead atoms. The van der Waals surface area contributed by atoms with Crippen molar-refractivity contribution in [1.29, 1.82) is 0 Å². The molecule has 0 unspecified atom stereocenters. The van der Waals surface area contributed by atoms with Crippen molar-refractivity contribution in [3.05, 3.63) is 29.6 Å². The van der Waals surface area contributed by atoms with Gasteiger partial charge >= 0.3 is 0 Å². The summed E-state index contributed by atoms with van der Waals surface area (Å²) < 4.78 is 12.5. The van der Waals surface area contributed by atoms with E-state index < -0.39 is 0 Å². The van der Waals surface area contributed by atoms with E-state index in [1.54, 1.807) is 19.1 Å². The Bertz CT molecular complexity index is 225. The molecule has 0 heterocycles. The third-order valence-corrected chi connectivity index (χ3v) is 1.20. The maximum Gasteiger partial charge on any atom is 0.128 e. The third-order valence-electron chi connectivity index (χ3n) is 1.20. The molecule has 1 aromatic rings. The van der Waals surface area contributed by atoms with Gasteiger partial charge in [0.1, 0.15) is 5.82 Å². The predicted octanol–water partition coefficient (Wildman–Crippen LogP) is 1.96. The molecule has 9 heavy (non-hydrogen) atoms. The average Bonchev–Trinajstić information content (AvgIpc) is 1.80. The molecule has 0 aliphatic rings. The van der Waals surface area contributed by atoms with E-state index >= 15 is 0 Å². The van der Waals surface area contributed by atoms with E-state index in [1.165, 1.54) is 6.07 Å². The number of anilines is 1. The smallest absolute Gasteiger partial charge is 0.128 e. The number of aryl methyl sites for hydroxylation is 1. The fourth-order valence-electron chi connectivity index (χ4n) is 0.609. The van der Waals surface area contributed by atoms with Gasteiger partial charge in [0.15, 0.2) is 0 Å². The van der Waals surface area contributed by atoms with Crippen LogP contribution in [-0.4, -0.2) is 0 Å². The van der Waals surface area contributed by atoms with Crippen molar-refractivity contribution in [2.45, 2.75) is 6.92 Å². The third kappa shape index (κ3) is 1.19. The van der Waals surface area contributed by atoms with E-state index in [2.05, 4.69) is 0 Å². The van der Waals surface area contributed by atoms with Crippen molar-refractivity contribution in [3.8, 4) is 0 Å². The Morgan fingerprint density at radius 1 is 1.56 bits per heavy atom. The number of nitrogens with two attached hydrogens (primary N) is 1. The van der Waals surface area contributed by atoms with Gasteiger partial charge in [-0.3, -0.25) is 0 Å². The van der Waals surface area contributed by atoms with Gasteiger partial charge in [-0.05, 0) is 24.6 Å². The van der Waals surface area contributed by atoms with Gasteiger partial charge in [0.2, 0.25) is 0 Å². The van der Waals surface area contributed by atoms with Gasteiger partial charge in [-0.15, -0.1) is 0 Å². The van der Waals surface area contributed by atoms with E-state index in [9.17, 15) is 4.39 Å². The monoisotopic (exact) mass is 127 g/mol. The summed E-state index contributed by atoms with van der Waals surface area (Å²) in [5.41, 5.74) is 6.39. The summed E-state index contributed by atoms with van der Waals surface area (Å²) in [7, 11) is 0. The van der Waals surface area contributed by atoms with Gasteiger partial charge in [-0.25, -0.2) is 4.39 Å². The van der Waals surface area contributed by atoms with Crippen LogP contribution in [0.3, 0.4) is 0 Å². The molecule has 0 aromatic heterocycles. The van der Waals surface area contributed by atoms with Crippen molar-refractivity contribution in [2.75, 3.05) is 5.73 Å². The summed E-state index contributed by atoms with van der Waals surface area (Å²) in [6.45, 7) is 1.70. The van der Waals surface area contributed by atoms with Crippen molar-refractivity contribution >= 4 is 5.69 Å². The lowest BCUT2D eigenvalue weighted by Crippen LogP contribution is -1.87. The zero-order chi connectivity index (χ0) is 6.85. The lowest BCUT2D eigenvalue weighted by Gasteiger charge is -1.94. The van der Waals surface area contributed by atoms with Crippen LogP contribution < -0.4 is 5.73 Å². The van der Waals surface area contributed by atoms with Crippen LogP contribution in [0.1, 0.15) is 6.99 Å². The minimum atomic E-state index is -0.241. The van der Waals surface area contributed by atoms with E-state index in [0.717, 1.165) is 0 Å². The molecule has 0 saturated carbocycles. The minimum Gasteiger partial charge on any atom is -0.399 e. The molecule has 1 nitrogen and oxygen atoms in total. The molecule has 0 aliphatic heterocycles. The molecule has 2 N–H and O–H groups in total. The van der Waals surface area contributed by atoms with E-state index in [1.807, 2.05) is 0 Å². The maximum atomic E-state index is 12.5. The first-order chi connectivity index (χ1) is 4.20. The summed E-state index contributed by atoms with van der Waals surface area (Å²) in [4.78, 5) is 0. The second-order valence-electron chi connectivity index (χ2n) is 2.01. The zero-order valence-corrected chi connectivity index (χ0v) is 5.19. The van der Waals surface area contributed by atoms with Gasteiger partial charge < -0.3 is 5.73 Å². The van der Waals surface area contributed by atoms with E-state index in [0.29, 0.717) is 11.3 Å². The second-order valence-corrected chi connectivity index (χ2v) is 2.01. The molecule has 0 fully saturated rings. The number of hydrogen-bond acceptors (Lipinski definition) is 1. The van der Waals surface area contributed by atoms with E-state index in [-0.39, 0.29) is 7.24 Å². The van der Waals surface area contributed by atoms with Crippen LogP contribution in [0.4, 0.5) is 10.1 Å². The Kier molecular flexibility index (Phi) is 1.39. The summed E-state index contributed by atoms with van der Waals surface area (Å²) >= 11 is 0. The number of nitrogen functional groups attached to an aromatic ring is 1. The summed E-state index contributed by atoms with van der Waals surface area (Å²) in [5.74, 6) is -0.241. The molecule has 2 heteroatoms. The van der Waals surface area contributed by atoms with Gasteiger partial charge in [0.05, 0.1) is 0 Å². The standard InChI is InChI=1S/C7H8FN.H2/c1-5-2-3-6(9)4-7(5)8;/h2-4H,9H2,1H3;1H. The van der Waals surface area contributed by atoms with Crippen LogP contribution in [0, 0.1) is 12.7 Å². The van der Waals surface area contributed by atoms with Gasteiger partial charge in [-0.2, -0.15) is 0 Å². The Hall–Kier alpha value is -1.05. The Morgan fingerprint density at radius 3 is 2.67 bits per heavy atom. The lowest BCUT2D eigenvalue weighted by molar-refractivity contribution is 0.619. The van der Waals surface area contributed by atoms with Crippen molar-refractivity contribution < 1.29 is 5.82 Å². The number of benzene rings is 1. The fourth-order valence-corrected chi connectivity index (χ4v) is 0.609. The largest absolute Gasteiger partial charge is 0.399 e. The number of halogens is 1. The zero-order valence-electron chi connectivity index (χ0n) is 5.19. The number of hydrogen-bond donors (Lipinski definition) is 1. The number of rotatable bonds is 0. The summed E-state index contributed by atoms with van der Waals surface area (Å²) in [6.07, 6.45) is 0. The first-order valence-electron chi connectivity index (χ1n) is 2.72. The average molecular weight is 127 g/mol. The second kappa shape index (κ2) is 2.05. The van der Waals surface area contributed by atoms with Crippen LogP contribution in [-0.2, 0) is 0 Å². The highest BCUT2D eigenvalue weighted by Crippen LogP contribution is 2.09. The molecular weight excluding hydrogens is 117 g/mol. The van der Waals surface area contributed by atoms with Crippen LogP contribution >= 0.6 is 0 Å². The maximum absolute atomic E-state index is 12.5. The molecule has 0 saturated heterocycles. The van der Waals surface area contributed by atoms with Gasteiger partial charge in [0.25, 0.3) is 0 Å². The lowest BCUT2D eigenvalue weighted by atomic mass is 10.2. The first kappa shape index (κ1) is 6.08. The van der Waals surface area contributed by atoms with Gasteiger partial charge in [-0.1, -0.05) is 6.07 Å². The molecular formula is C7H10FN. The molecule has 0 spiro atoms. The van der Waals surface area contributed by atoms with E-state index in [4.69, 9.17) is 5.73 Å². The fraction of sp³-hybridized carbons (Fsp3) is 0.143. The van der Waals surface area contributed by atoms with Crippen LogP contribution in [0.2, 0.25) is 0 Å². The molecule has 50 valence electrons. The molecule has 0 amide bonds. The van der Waals surface area contributed by atoms with Crippen molar-refractivity contribution in [2.24, 2.45) is 0 Å². The highest BCUT2D eigenvalue weighted by atomic mass is 19.1. The Balaban J connectivity index is 0.000000810. The quantitative estimate of drug-likeness (QED) is 0.530. The Morgan fingerprint density at radius 2 is 2.22 bits per heavy atom. The molecule has 0 aliphatic carbocycles. The highest BCUT2D eigenvalue weighted by Gasteiger charge is 1.93. The minimum absolute atomic E-state index is 0. The Labute approximate surface area is 54.8 Å². The first-order valence-corrected chi connectivity index (χ1v) is 2.72. The molecule has 1 aromatic carbocycles. The predicted molar refractivity (Wildman–Crippen MR) is 37.7 cm³/mol. The topological polar surface area (TPSA) is 26.0 Å². The molecule has 0 radical (unpaired) electrons. The van der Waals surface area contributed by atoms with Crippen molar-refractivity contribution in [3.63, 3.8) is 0 Å². The van der Waals surface area contributed by atoms with Gasteiger partial charge in [0, 0.05) is 7.11 Å². The van der Waals surface area contributed by atoms with Crippen molar-refractivity contribution in [1.82, 2.24) is 0 Å². The SMILES string of the molecule is Cc1ccc(N)cc1F.[HH]. The van der Waals surface area contributed by atoms with Crippen LogP contribution in [0.5, 0.6) is 0 Å². The molecule has 1 rings (SSSR count). The highest BCUT2D eigenvalue weighted by molar-refractivity contribution is 5.39. The van der Waals surface area contributed by atoms with Crippen LogP contribution in [0.25, 0.3) is 0 Å². The normalized spacial score (nSPS) is 9.56. The molecule has 0 atom stereocenters.